The number of phosphoric acid groups is 3. The zero-order valence-corrected chi connectivity index (χ0v) is 38.5. The largest absolute Gasteiger partial charge is 0.481 e. The van der Waals surface area contributed by atoms with Crippen LogP contribution in [-0.2, 0) is 61.9 Å². The fourth-order valence-corrected chi connectivity index (χ4v) is 11.9. The number of nitrogens with one attached hydrogen (secondary N) is 2. The van der Waals surface area contributed by atoms with Gasteiger partial charge in [0.25, 0.3) is 0 Å². The van der Waals surface area contributed by atoms with Crippen molar-refractivity contribution >= 4 is 68.3 Å². The van der Waals surface area contributed by atoms with Crippen molar-refractivity contribution < 1.29 is 85.2 Å². The molecule has 5 rings (SSSR count). The Hall–Kier alpha value is -3.26. The number of nitrogens with two attached hydrogens (primary N) is 1. The number of amides is 2. The number of hydrogen-bond acceptors (Lipinski definition) is 18. The summed E-state index contributed by atoms with van der Waals surface area (Å²) in [5.41, 5.74) is 5.49. The van der Waals surface area contributed by atoms with Gasteiger partial charge in [0.2, 0.25) is 16.9 Å². The standard InChI is InChI=1S/C35H54N7O18P3S/c1-21(8-7-11-22-9-5-4-6-10-22)64(34(47)24-16-55-24)15-14-37-25(43)12-13-38-32(46)29(45)35(2,3)18-57-63(53,54)60-62(51,52)56-17-23-28(59-61(48,49)50)27(44)33(58-23)42-20-41-26-30(36)39-19-40-31(26)42/h4-6,9-10,19-21,23-24,27-29,33,44-45,64H,7-8,11-18H2,1-3H3,(H,37,43)(H,38,46)(H,51,52)(H,53,54)(H2,36,39,40)(H2,48,49,50)/t21?,23-,24?,27-,28-,29?,33-/m1/s1. The minimum Gasteiger partial charge on any atom is -0.386 e. The van der Waals surface area contributed by atoms with Crippen LogP contribution in [0.3, 0.4) is 0 Å². The first kappa shape index (κ1) is 51.7. The molecule has 10 N–H and O–H groups in total. The van der Waals surface area contributed by atoms with E-state index in [0.29, 0.717) is 12.4 Å². The van der Waals surface area contributed by atoms with Gasteiger partial charge < -0.3 is 55.6 Å². The molecule has 64 heavy (non-hydrogen) atoms. The fraction of sp³-hybridized carbons (Fsp3) is 0.600. The van der Waals surface area contributed by atoms with E-state index in [1.807, 2.05) is 25.1 Å². The van der Waals surface area contributed by atoms with Crippen LogP contribution in [0.1, 0.15) is 51.8 Å². The van der Waals surface area contributed by atoms with Crippen LogP contribution in [0.2, 0.25) is 0 Å². The summed E-state index contributed by atoms with van der Waals surface area (Å²) in [4.78, 5) is 89.6. The second-order valence-corrected chi connectivity index (χ2v) is 22.6. The topological polar surface area (TPSA) is 376 Å². The van der Waals surface area contributed by atoms with E-state index in [9.17, 15) is 57.9 Å². The Balaban J connectivity index is 1.04. The lowest BCUT2D eigenvalue weighted by molar-refractivity contribution is -0.137. The normalized spacial score (nSPS) is 23.7. The number of hydrogen-bond donors (Lipinski definition) is 10. The number of aryl methyl sites for hydroxylation is 1. The molecule has 2 aliphatic rings. The van der Waals surface area contributed by atoms with Gasteiger partial charge in [0.15, 0.2) is 17.7 Å². The summed E-state index contributed by atoms with van der Waals surface area (Å²) in [6.07, 6.45) is -4.69. The third-order valence-corrected chi connectivity index (χ3v) is 16.1. The molecule has 25 nitrogen and oxygen atoms in total. The van der Waals surface area contributed by atoms with E-state index in [-0.39, 0.29) is 46.9 Å². The molecule has 1 aromatic carbocycles. The molecule has 2 saturated heterocycles. The maximum atomic E-state index is 13.0. The zero-order chi connectivity index (χ0) is 47.0. The van der Waals surface area contributed by atoms with Crippen molar-refractivity contribution in [3.63, 3.8) is 0 Å². The van der Waals surface area contributed by atoms with Crippen LogP contribution in [0.4, 0.5) is 5.82 Å². The Bertz CT molecular complexity index is 2230. The number of anilines is 1. The predicted octanol–water partition coefficient (Wildman–Crippen LogP) is 0.743. The monoisotopic (exact) mass is 985 g/mol. The molecule has 2 aromatic heterocycles. The Morgan fingerprint density at radius 2 is 1.72 bits per heavy atom. The molecule has 2 aliphatic heterocycles. The lowest BCUT2D eigenvalue weighted by Gasteiger charge is -2.30. The third-order valence-electron chi connectivity index (χ3n) is 10.1. The molecule has 0 aliphatic carbocycles. The number of fused-ring (bicyclic) bond motifs is 1. The molecular formula is C35H54N7O18P3S. The molecule has 3 aromatic rings. The van der Waals surface area contributed by atoms with Crippen LogP contribution < -0.4 is 16.4 Å². The number of aromatic nitrogens is 4. The highest BCUT2D eigenvalue weighted by Gasteiger charge is 2.50. The summed E-state index contributed by atoms with van der Waals surface area (Å²) >= 11 is 0. The van der Waals surface area contributed by atoms with E-state index < -0.39 is 102 Å². The minimum atomic E-state index is -5.59. The molecule has 2 fully saturated rings. The van der Waals surface area contributed by atoms with E-state index in [0.717, 1.165) is 36.5 Å². The number of aliphatic hydroxyl groups excluding tert-OH is 2. The molecule has 10 atom stereocenters. The van der Waals surface area contributed by atoms with Gasteiger partial charge in [-0.1, -0.05) is 51.1 Å². The number of phosphoric ester groups is 3. The van der Waals surface area contributed by atoms with Gasteiger partial charge in [-0.05, 0) is 35.8 Å². The minimum absolute atomic E-state index is 0.0299. The van der Waals surface area contributed by atoms with Crippen LogP contribution in [0.15, 0.2) is 43.0 Å². The van der Waals surface area contributed by atoms with E-state index >= 15 is 0 Å². The van der Waals surface area contributed by atoms with Crippen molar-refractivity contribution in [3.8, 4) is 0 Å². The number of carbonyl (C=O) groups excluding carboxylic acids is 3. The molecule has 2 amide bonds. The average Bonchev–Trinajstić information content (AvgIpc) is 3.92. The second kappa shape index (κ2) is 22.0. The number of carbonyl (C=O) groups is 3. The molecule has 29 heteroatoms. The van der Waals surface area contributed by atoms with Crippen molar-refractivity contribution in [1.29, 1.82) is 0 Å². The highest BCUT2D eigenvalue weighted by molar-refractivity contribution is 8.30. The Morgan fingerprint density at radius 1 is 1.03 bits per heavy atom. The van der Waals surface area contributed by atoms with Crippen molar-refractivity contribution in [2.75, 3.05) is 44.4 Å². The smallest absolute Gasteiger partial charge is 0.386 e. The SMILES string of the molecule is CC(CCCc1ccccc1)[SH](CCNC(=O)CCNC(=O)C(O)C(C)(C)COP(=O)(O)OP(=O)(O)OC[C@H]1O[C@@H](n2cnc3c(N)ncnc32)[C@H](O)[C@@H]1OP(=O)(O)O)C(=O)C1CO1. The molecular weight excluding hydrogens is 931 g/mol. The van der Waals surface area contributed by atoms with Gasteiger partial charge in [0.1, 0.15) is 42.4 Å². The van der Waals surface area contributed by atoms with Crippen LogP contribution in [0, 0.1) is 5.41 Å². The molecule has 358 valence electrons. The third kappa shape index (κ3) is 14.9. The number of aliphatic hydroxyl groups is 2. The molecule has 4 heterocycles. The molecule has 0 spiro atoms. The van der Waals surface area contributed by atoms with Gasteiger partial charge in [-0.3, -0.25) is 32.5 Å². The maximum Gasteiger partial charge on any atom is 0.481 e. The fourth-order valence-electron chi connectivity index (χ4n) is 6.58. The average molecular weight is 986 g/mol. The van der Waals surface area contributed by atoms with Crippen molar-refractivity contribution in [1.82, 2.24) is 30.2 Å². The van der Waals surface area contributed by atoms with Crippen molar-refractivity contribution in [2.24, 2.45) is 5.41 Å². The lowest BCUT2D eigenvalue weighted by atomic mass is 9.87. The van der Waals surface area contributed by atoms with Gasteiger partial charge in [-0.2, -0.15) is 15.2 Å². The highest BCUT2D eigenvalue weighted by atomic mass is 32.2. The van der Waals surface area contributed by atoms with Crippen LogP contribution in [-0.4, -0.2) is 141 Å². The number of epoxide rings is 1. The van der Waals surface area contributed by atoms with Crippen molar-refractivity contribution in [2.45, 2.75) is 88.5 Å². The Labute approximate surface area is 369 Å². The number of benzene rings is 1. The molecule has 0 radical (unpaired) electrons. The van der Waals surface area contributed by atoms with Crippen LogP contribution in [0.25, 0.3) is 11.2 Å². The van der Waals surface area contributed by atoms with Crippen LogP contribution >= 0.6 is 34.4 Å². The first-order chi connectivity index (χ1) is 30.0. The van der Waals surface area contributed by atoms with Crippen LogP contribution in [0.5, 0.6) is 0 Å². The number of nitrogen functional groups attached to an aromatic ring is 1. The van der Waals surface area contributed by atoms with Gasteiger partial charge in [0, 0.05) is 24.9 Å². The first-order valence-corrected chi connectivity index (χ1v) is 25.9. The molecule has 0 saturated carbocycles. The number of rotatable bonds is 25. The number of thiol groups is 1. The summed E-state index contributed by atoms with van der Waals surface area (Å²) in [5, 5.41) is 27.0. The summed E-state index contributed by atoms with van der Waals surface area (Å²) in [5.74, 6) is -0.966. The Morgan fingerprint density at radius 3 is 2.39 bits per heavy atom. The summed E-state index contributed by atoms with van der Waals surface area (Å²) in [6, 6.07) is 10.0. The quantitative estimate of drug-likeness (QED) is 0.0318. The van der Waals surface area contributed by atoms with Gasteiger partial charge in [-0.15, -0.1) is 0 Å². The van der Waals surface area contributed by atoms with Crippen molar-refractivity contribution in [3.05, 3.63) is 48.5 Å². The Kier molecular flexibility index (Phi) is 17.8. The van der Waals surface area contributed by atoms with Gasteiger partial charge in [0.05, 0.1) is 26.1 Å². The summed E-state index contributed by atoms with van der Waals surface area (Å²) < 4.78 is 67.8. The lowest BCUT2D eigenvalue weighted by Crippen LogP contribution is -2.46. The molecule has 6 unspecified atom stereocenters. The summed E-state index contributed by atoms with van der Waals surface area (Å²) in [7, 11) is -17.5. The highest BCUT2D eigenvalue weighted by Crippen LogP contribution is 2.61. The predicted molar refractivity (Wildman–Crippen MR) is 227 cm³/mol. The van der Waals surface area contributed by atoms with Gasteiger partial charge >= 0.3 is 23.5 Å². The first-order valence-electron chi connectivity index (χ1n) is 19.8. The van der Waals surface area contributed by atoms with E-state index in [2.05, 4.69) is 46.6 Å². The number of ether oxygens (including phenoxy) is 2. The van der Waals surface area contributed by atoms with E-state index in [4.69, 9.17) is 24.3 Å². The summed E-state index contributed by atoms with van der Waals surface area (Å²) in [6.45, 7) is 2.98. The van der Waals surface area contributed by atoms with E-state index in [1.54, 1.807) is 0 Å². The molecule has 0 bridgehead atoms. The number of nitrogens with zero attached hydrogens (tertiary/aromatic N) is 4. The second-order valence-electron chi connectivity index (χ2n) is 15.6. The number of imidazole rings is 1. The van der Waals surface area contributed by atoms with E-state index in [1.165, 1.54) is 19.4 Å². The maximum absolute atomic E-state index is 13.0. The zero-order valence-electron chi connectivity index (χ0n) is 34.9. The van der Waals surface area contributed by atoms with Gasteiger partial charge in [-0.25, -0.2) is 28.6 Å².